The first kappa shape index (κ1) is 17.8. The number of aromatic amines is 1. The molecule has 5 nitrogen and oxygen atoms in total. The van der Waals surface area contributed by atoms with Gasteiger partial charge in [-0.15, -0.1) is 11.8 Å². The van der Waals surface area contributed by atoms with E-state index < -0.39 is 0 Å². The third-order valence-electron chi connectivity index (χ3n) is 3.64. The summed E-state index contributed by atoms with van der Waals surface area (Å²) in [5.74, 6) is 1.75. The van der Waals surface area contributed by atoms with Gasteiger partial charge in [-0.05, 0) is 42.8 Å². The molecule has 1 amide bonds. The SMILES string of the molecule is O=C(CSCc1ccc(Cl)cc1Cl)NCc1n[nH]c(=S)n1C1CC1. The molecule has 1 aliphatic rings. The molecule has 1 aromatic heterocycles. The molecule has 24 heavy (non-hydrogen) atoms. The number of rotatable bonds is 7. The number of aromatic nitrogens is 3. The van der Waals surface area contributed by atoms with Crippen molar-refractivity contribution in [2.45, 2.75) is 31.2 Å². The Balaban J connectivity index is 1.45. The summed E-state index contributed by atoms with van der Waals surface area (Å²) in [5.41, 5.74) is 0.966. The maximum Gasteiger partial charge on any atom is 0.230 e. The highest BCUT2D eigenvalue weighted by molar-refractivity contribution is 7.99. The van der Waals surface area contributed by atoms with E-state index in [1.807, 2.05) is 10.6 Å². The summed E-state index contributed by atoms with van der Waals surface area (Å²) in [5, 5.41) is 11.1. The van der Waals surface area contributed by atoms with Crippen LogP contribution in [0.4, 0.5) is 0 Å². The second kappa shape index (κ2) is 7.91. The van der Waals surface area contributed by atoms with Crippen LogP contribution in [0, 0.1) is 4.77 Å². The molecule has 128 valence electrons. The number of carbonyl (C=O) groups excluding carboxylic acids is 1. The molecule has 1 saturated carbocycles. The molecule has 9 heteroatoms. The molecule has 1 heterocycles. The number of benzene rings is 1. The third kappa shape index (κ3) is 4.53. The highest BCUT2D eigenvalue weighted by Crippen LogP contribution is 2.35. The van der Waals surface area contributed by atoms with Gasteiger partial charge in [0.25, 0.3) is 0 Å². The highest BCUT2D eigenvalue weighted by Gasteiger charge is 2.27. The Hall–Kier alpha value is -1.02. The summed E-state index contributed by atoms with van der Waals surface area (Å²) in [6, 6.07) is 5.82. The first-order chi connectivity index (χ1) is 11.5. The van der Waals surface area contributed by atoms with Crippen LogP contribution in [0.25, 0.3) is 0 Å². The predicted octanol–water partition coefficient (Wildman–Crippen LogP) is 4.13. The van der Waals surface area contributed by atoms with E-state index in [4.69, 9.17) is 35.4 Å². The second-order valence-corrected chi connectivity index (χ2v) is 7.77. The number of halogens is 2. The molecule has 2 N–H and O–H groups in total. The number of amides is 1. The maximum atomic E-state index is 12.0. The molecular formula is C15H16Cl2N4OS2. The zero-order chi connectivity index (χ0) is 17.1. The van der Waals surface area contributed by atoms with Crippen molar-refractivity contribution in [3.63, 3.8) is 0 Å². The van der Waals surface area contributed by atoms with Crippen LogP contribution in [0.3, 0.4) is 0 Å². The molecule has 0 unspecified atom stereocenters. The van der Waals surface area contributed by atoms with Crippen LogP contribution in [0.1, 0.15) is 30.3 Å². The average molecular weight is 403 g/mol. The van der Waals surface area contributed by atoms with E-state index in [1.165, 1.54) is 11.8 Å². The van der Waals surface area contributed by atoms with Crippen molar-refractivity contribution in [3.05, 3.63) is 44.4 Å². The molecule has 0 spiro atoms. The summed E-state index contributed by atoms with van der Waals surface area (Å²) >= 11 is 18.7. The summed E-state index contributed by atoms with van der Waals surface area (Å²) in [6.07, 6.45) is 2.24. The molecule has 0 radical (unpaired) electrons. The van der Waals surface area contributed by atoms with Crippen LogP contribution in [0.5, 0.6) is 0 Å². The standard InChI is InChI=1S/C15H16Cl2N4OS2/c16-10-2-1-9(12(17)5-10)7-24-8-14(22)18-6-13-19-20-15(23)21(13)11-3-4-11/h1-2,5,11H,3-4,6-8H2,(H,18,22)(H,20,23). The first-order valence-corrected chi connectivity index (χ1v) is 9.80. The smallest absolute Gasteiger partial charge is 0.230 e. The Kier molecular flexibility index (Phi) is 5.86. The van der Waals surface area contributed by atoms with Gasteiger partial charge in [0.15, 0.2) is 10.6 Å². The van der Waals surface area contributed by atoms with Gasteiger partial charge in [0.05, 0.1) is 12.3 Å². The fourth-order valence-corrected chi connectivity index (χ4v) is 4.01. The largest absolute Gasteiger partial charge is 0.348 e. The van der Waals surface area contributed by atoms with Gasteiger partial charge in [0.2, 0.25) is 5.91 Å². The van der Waals surface area contributed by atoms with Gasteiger partial charge in [-0.3, -0.25) is 14.5 Å². The summed E-state index contributed by atoms with van der Waals surface area (Å²) in [7, 11) is 0. The van der Waals surface area contributed by atoms with Crippen LogP contribution < -0.4 is 5.32 Å². The van der Waals surface area contributed by atoms with E-state index in [9.17, 15) is 4.79 Å². The lowest BCUT2D eigenvalue weighted by Crippen LogP contribution is -2.26. The molecule has 1 fully saturated rings. The Morgan fingerprint density at radius 3 is 2.96 bits per heavy atom. The molecule has 2 aromatic rings. The number of thioether (sulfide) groups is 1. The minimum atomic E-state index is -0.0404. The zero-order valence-corrected chi connectivity index (χ0v) is 15.9. The summed E-state index contributed by atoms with van der Waals surface area (Å²) in [4.78, 5) is 12.0. The van der Waals surface area contributed by atoms with Crippen molar-refractivity contribution >= 4 is 53.1 Å². The van der Waals surface area contributed by atoms with Crippen molar-refractivity contribution in [2.75, 3.05) is 5.75 Å². The average Bonchev–Trinajstić information content (AvgIpc) is 3.30. The van der Waals surface area contributed by atoms with Gasteiger partial charge in [0, 0.05) is 21.8 Å². The quantitative estimate of drug-likeness (QED) is 0.683. The van der Waals surface area contributed by atoms with Gasteiger partial charge in [-0.1, -0.05) is 29.3 Å². The van der Waals surface area contributed by atoms with Crippen molar-refractivity contribution in [1.82, 2.24) is 20.1 Å². The lowest BCUT2D eigenvalue weighted by atomic mass is 10.2. The number of H-pyrrole nitrogens is 1. The van der Waals surface area contributed by atoms with Crippen LogP contribution in [0.15, 0.2) is 18.2 Å². The van der Waals surface area contributed by atoms with Crippen molar-refractivity contribution in [3.8, 4) is 0 Å². The van der Waals surface area contributed by atoms with Gasteiger partial charge in [0.1, 0.15) is 0 Å². The number of nitrogens with one attached hydrogen (secondary N) is 2. The van der Waals surface area contributed by atoms with Crippen LogP contribution in [-0.4, -0.2) is 26.4 Å². The molecule has 1 aromatic carbocycles. The van der Waals surface area contributed by atoms with Gasteiger partial charge >= 0.3 is 0 Å². The predicted molar refractivity (Wildman–Crippen MR) is 100 cm³/mol. The fraction of sp³-hybridized carbons (Fsp3) is 0.400. The van der Waals surface area contributed by atoms with Gasteiger partial charge < -0.3 is 5.32 Å². The lowest BCUT2D eigenvalue weighted by molar-refractivity contribution is -0.118. The van der Waals surface area contributed by atoms with Gasteiger partial charge in [-0.2, -0.15) is 5.10 Å². The normalized spacial score (nSPS) is 13.9. The van der Waals surface area contributed by atoms with E-state index in [1.54, 1.807) is 12.1 Å². The van der Waals surface area contributed by atoms with E-state index >= 15 is 0 Å². The van der Waals surface area contributed by atoms with Crippen molar-refractivity contribution in [2.24, 2.45) is 0 Å². The number of hydrogen-bond acceptors (Lipinski definition) is 4. The molecule has 3 rings (SSSR count). The first-order valence-electron chi connectivity index (χ1n) is 7.48. The topological polar surface area (TPSA) is 62.7 Å². The highest BCUT2D eigenvalue weighted by atomic mass is 35.5. The summed E-state index contributed by atoms with van der Waals surface area (Å²) < 4.78 is 2.62. The molecule has 0 saturated heterocycles. The van der Waals surface area contributed by atoms with Crippen molar-refractivity contribution in [1.29, 1.82) is 0 Å². The molecule has 0 bridgehead atoms. The Morgan fingerprint density at radius 1 is 1.46 bits per heavy atom. The molecular weight excluding hydrogens is 387 g/mol. The van der Waals surface area contributed by atoms with Gasteiger partial charge in [-0.25, -0.2) is 0 Å². The van der Waals surface area contributed by atoms with Crippen LogP contribution >= 0.6 is 47.2 Å². The van der Waals surface area contributed by atoms with E-state index in [0.29, 0.717) is 38.9 Å². The van der Waals surface area contributed by atoms with Crippen LogP contribution in [0.2, 0.25) is 10.0 Å². The Bertz CT molecular complexity index is 801. The molecule has 0 atom stereocenters. The minimum Gasteiger partial charge on any atom is -0.348 e. The summed E-state index contributed by atoms with van der Waals surface area (Å²) in [6.45, 7) is 0.380. The Labute approximate surface area is 159 Å². The maximum absolute atomic E-state index is 12.0. The number of nitrogens with zero attached hydrogens (tertiary/aromatic N) is 2. The van der Waals surface area contributed by atoms with E-state index in [-0.39, 0.29) is 5.91 Å². The number of carbonyl (C=O) groups is 1. The van der Waals surface area contributed by atoms with Crippen molar-refractivity contribution < 1.29 is 4.79 Å². The molecule has 0 aliphatic heterocycles. The second-order valence-electron chi connectivity index (χ2n) is 5.55. The van der Waals surface area contributed by atoms with E-state index in [2.05, 4.69) is 15.5 Å². The third-order valence-corrected chi connectivity index (χ3v) is 5.50. The Morgan fingerprint density at radius 2 is 2.25 bits per heavy atom. The van der Waals surface area contributed by atoms with E-state index in [0.717, 1.165) is 24.2 Å². The lowest BCUT2D eigenvalue weighted by Gasteiger charge is -2.07. The molecule has 1 aliphatic carbocycles. The monoisotopic (exact) mass is 402 g/mol. The number of hydrogen-bond donors (Lipinski definition) is 2. The minimum absolute atomic E-state index is 0.0404. The zero-order valence-electron chi connectivity index (χ0n) is 12.7. The van der Waals surface area contributed by atoms with Crippen LogP contribution in [-0.2, 0) is 17.1 Å². The fourth-order valence-electron chi connectivity index (χ4n) is 2.29.